The van der Waals surface area contributed by atoms with E-state index in [1.54, 1.807) is 19.1 Å². The molecule has 0 aliphatic rings. The third kappa shape index (κ3) is 5.63. The molecule has 6 nitrogen and oxygen atoms in total. The lowest BCUT2D eigenvalue weighted by Crippen LogP contribution is -2.23. The lowest BCUT2D eigenvalue weighted by Gasteiger charge is -2.13. The lowest BCUT2D eigenvalue weighted by molar-refractivity contribution is -0.115. The first-order valence-corrected chi connectivity index (χ1v) is 9.08. The molecule has 7 heteroatoms. The van der Waals surface area contributed by atoms with Crippen LogP contribution in [-0.4, -0.2) is 27.7 Å². The van der Waals surface area contributed by atoms with Crippen LogP contribution in [0.5, 0.6) is 5.75 Å². The fourth-order valence-corrected chi connectivity index (χ4v) is 2.89. The van der Waals surface area contributed by atoms with E-state index in [9.17, 15) is 9.59 Å². The van der Waals surface area contributed by atoms with Gasteiger partial charge in [0.1, 0.15) is 5.75 Å². The molecule has 0 fully saturated rings. The SMILES string of the molecule is CCOc1ccc(NC(=O)C(C)Sc2nc(C(C)C)cc(=O)[nH]2)cc1. The minimum atomic E-state index is -0.405. The van der Waals surface area contributed by atoms with Gasteiger partial charge < -0.3 is 15.0 Å². The van der Waals surface area contributed by atoms with Crippen LogP contribution in [0.4, 0.5) is 5.69 Å². The predicted octanol–water partition coefficient (Wildman–Crippen LogP) is 3.41. The van der Waals surface area contributed by atoms with Crippen molar-refractivity contribution in [2.45, 2.75) is 44.0 Å². The summed E-state index contributed by atoms with van der Waals surface area (Å²) in [5, 5.41) is 2.89. The largest absolute Gasteiger partial charge is 0.494 e. The number of thioether (sulfide) groups is 1. The molecule has 2 aromatic rings. The van der Waals surface area contributed by atoms with Crippen LogP contribution in [0.1, 0.15) is 39.3 Å². The number of aromatic nitrogens is 2. The Hall–Kier alpha value is -2.28. The molecule has 25 heavy (non-hydrogen) atoms. The summed E-state index contributed by atoms with van der Waals surface area (Å²) in [4.78, 5) is 31.1. The average Bonchev–Trinajstić information content (AvgIpc) is 2.56. The minimum Gasteiger partial charge on any atom is -0.494 e. The standard InChI is InChI=1S/C18H23N3O3S/c1-5-24-14-8-6-13(7-9-14)19-17(23)12(4)25-18-20-15(11(2)3)10-16(22)21-18/h6-12H,5H2,1-4H3,(H,19,23)(H,20,21,22). The second-order valence-electron chi connectivity index (χ2n) is 5.84. The van der Waals surface area contributed by atoms with Gasteiger partial charge in [0.15, 0.2) is 5.16 Å². The van der Waals surface area contributed by atoms with Gasteiger partial charge in [-0.05, 0) is 44.0 Å². The summed E-state index contributed by atoms with van der Waals surface area (Å²) in [6.07, 6.45) is 0. The van der Waals surface area contributed by atoms with Crippen LogP contribution in [0.2, 0.25) is 0 Å². The van der Waals surface area contributed by atoms with Gasteiger partial charge in [0.05, 0.1) is 17.6 Å². The Labute approximate surface area is 151 Å². The number of hydrogen-bond donors (Lipinski definition) is 2. The highest BCUT2D eigenvalue weighted by atomic mass is 32.2. The summed E-state index contributed by atoms with van der Waals surface area (Å²) in [6, 6.07) is 8.68. The van der Waals surface area contributed by atoms with E-state index in [0.717, 1.165) is 5.75 Å². The van der Waals surface area contributed by atoms with Crippen LogP contribution >= 0.6 is 11.8 Å². The van der Waals surface area contributed by atoms with E-state index in [-0.39, 0.29) is 17.4 Å². The van der Waals surface area contributed by atoms with Gasteiger partial charge in [-0.25, -0.2) is 4.98 Å². The number of nitrogens with zero attached hydrogens (tertiary/aromatic N) is 1. The third-order valence-corrected chi connectivity index (χ3v) is 4.41. The number of carbonyl (C=O) groups excluding carboxylic acids is 1. The number of H-pyrrole nitrogens is 1. The number of anilines is 1. The van der Waals surface area contributed by atoms with Crippen molar-refractivity contribution in [3.63, 3.8) is 0 Å². The Kier molecular flexibility index (Phi) is 6.64. The molecule has 1 aromatic carbocycles. The number of nitrogens with one attached hydrogen (secondary N) is 2. The maximum Gasteiger partial charge on any atom is 0.251 e. The van der Waals surface area contributed by atoms with Crippen molar-refractivity contribution in [2.75, 3.05) is 11.9 Å². The van der Waals surface area contributed by atoms with Gasteiger partial charge >= 0.3 is 0 Å². The molecule has 1 heterocycles. The molecule has 1 unspecified atom stereocenters. The molecule has 2 N–H and O–H groups in total. The molecule has 0 spiro atoms. The number of hydrogen-bond acceptors (Lipinski definition) is 5. The summed E-state index contributed by atoms with van der Waals surface area (Å²) in [7, 11) is 0. The maximum absolute atomic E-state index is 12.3. The van der Waals surface area contributed by atoms with Crippen molar-refractivity contribution in [2.24, 2.45) is 0 Å². The van der Waals surface area contributed by atoms with Crippen molar-refractivity contribution >= 4 is 23.4 Å². The van der Waals surface area contributed by atoms with Crippen molar-refractivity contribution in [1.29, 1.82) is 0 Å². The molecule has 1 amide bonds. The van der Waals surface area contributed by atoms with Crippen LogP contribution in [-0.2, 0) is 4.79 Å². The molecule has 0 aliphatic carbocycles. The molecular weight excluding hydrogens is 338 g/mol. The highest BCUT2D eigenvalue weighted by Crippen LogP contribution is 2.22. The van der Waals surface area contributed by atoms with E-state index >= 15 is 0 Å². The van der Waals surface area contributed by atoms with Gasteiger partial charge in [-0.2, -0.15) is 0 Å². The minimum absolute atomic E-state index is 0.148. The van der Waals surface area contributed by atoms with Crippen LogP contribution in [0.15, 0.2) is 40.3 Å². The summed E-state index contributed by atoms with van der Waals surface area (Å²) >= 11 is 1.22. The highest BCUT2D eigenvalue weighted by Gasteiger charge is 2.17. The van der Waals surface area contributed by atoms with Gasteiger partial charge in [0.2, 0.25) is 5.91 Å². The van der Waals surface area contributed by atoms with Crippen LogP contribution < -0.4 is 15.6 Å². The predicted molar refractivity (Wildman–Crippen MR) is 101 cm³/mol. The Bertz CT molecular complexity index is 772. The first kappa shape index (κ1) is 19.1. The zero-order valence-electron chi connectivity index (χ0n) is 14.8. The van der Waals surface area contributed by atoms with Gasteiger partial charge in [-0.1, -0.05) is 25.6 Å². The van der Waals surface area contributed by atoms with E-state index in [0.29, 0.717) is 23.1 Å². The van der Waals surface area contributed by atoms with E-state index in [4.69, 9.17) is 4.74 Å². The Balaban J connectivity index is 2.01. The molecule has 0 radical (unpaired) electrons. The number of ether oxygens (including phenoxy) is 1. The van der Waals surface area contributed by atoms with Crippen molar-refractivity contribution < 1.29 is 9.53 Å². The first-order valence-electron chi connectivity index (χ1n) is 8.20. The van der Waals surface area contributed by atoms with E-state index in [1.165, 1.54) is 17.8 Å². The average molecular weight is 361 g/mol. The summed E-state index contributed by atoms with van der Waals surface area (Å²) < 4.78 is 5.38. The molecular formula is C18H23N3O3S. The number of rotatable bonds is 7. The van der Waals surface area contributed by atoms with E-state index in [2.05, 4.69) is 15.3 Å². The quantitative estimate of drug-likeness (QED) is 0.583. The molecule has 0 aliphatic heterocycles. The molecule has 2 rings (SSSR count). The number of carbonyl (C=O) groups is 1. The van der Waals surface area contributed by atoms with Crippen molar-refractivity contribution in [1.82, 2.24) is 9.97 Å². The second-order valence-corrected chi connectivity index (χ2v) is 7.17. The highest BCUT2D eigenvalue weighted by molar-refractivity contribution is 8.00. The maximum atomic E-state index is 12.3. The summed E-state index contributed by atoms with van der Waals surface area (Å²) in [6.45, 7) is 8.23. The third-order valence-electron chi connectivity index (χ3n) is 3.42. The Morgan fingerprint density at radius 1 is 1.28 bits per heavy atom. The smallest absolute Gasteiger partial charge is 0.251 e. The molecule has 0 bridgehead atoms. The Morgan fingerprint density at radius 2 is 1.96 bits per heavy atom. The second kappa shape index (κ2) is 8.71. The summed E-state index contributed by atoms with van der Waals surface area (Å²) in [5.74, 6) is 0.747. The van der Waals surface area contributed by atoms with Gasteiger partial charge in [0, 0.05) is 11.8 Å². The molecule has 134 valence electrons. The first-order chi connectivity index (χ1) is 11.9. The van der Waals surface area contributed by atoms with Crippen LogP contribution in [0.25, 0.3) is 0 Å². The topological polar surface area (TPSA) is 84.1 Å². The number of benzene rings is 1. The van der Waals surface area contributed by atoms with Crippen LogP contribution in [0.3, 0.4) is 0 Å². The van der Waals surface area contributed by atoms with E-state index in [1.807, 2.05) is 32.9 Å². The zero-order chi connectivity index (χ0) is 18.4. The fourth-order valence-electron chi connectivity index (χ4n) is 2.07. The summed E-state index contributed by atoms with van der Waals surface area (Å²) in [5.41, 5.74) is 1.20. The van der Waals surface area contributed by atoms with Crippen molar-refractivity contribution in [3.05, 3.63) is 46.4 Å². The van der Waals surface area contributed by atoms with Crippen molar-refractivity contribution in [3.8, 4) is 5.75 Å². The zero-order valence-corrected chi connectivity index (χ0v) is 15.6. The Morgan fingerprint density at radius 3 is 2.56 bits per heavy atom. The normalized spacial score (nSPS) is 12.0. The molecule has 0 saturated carbocycles. The number of aromatic amines is 1. The van der Waals surface area contributed by atoms with E-state index < -0.39 is 5.25 Å². The lowest BCUT2D eigenvalue weighted by atomic mass is 10.1. The fraction of sp³-hybridized carbons (Fsp3) is 0.389. The van der Waals surface area contributed by atoms with Gasteiger partial charge in [0.25, 0.3) is 5.56 Å². The van der Waals surface area contributed by atoms with Crippen LogP contribution in [0, 0.1) is 0 Å². The molecule has 0 saturated heterocycles. The van der Waals surface area contributed by atoms with Gasteiger partial charge in [-0.3, -0.25) is 9.59 Å². The number of amides is 1. The van der Waals surface area contributed by atoms with Gasteiger partial charge in [-0.15, -0.1) is 0 Å². The monoisotopic (exact) mass is 361 g/mol. The molecule has 1 aromatic heterocycles. The molecule has 1 atom stereocenters.